The summed E-state index contributed by atoms with van der Waals surface area (Å²) in [6.07, 6.45) is -5.08. The molecule has 9 nitrogen and oxygen atoms in total. The number of anilines is 1. The van der Waals surface area contributed by atoms with Crippen molar-refractivity contribution < 1.29 is 23.1 Å². The van der Waals surface area contributed by atoms with Gasteiger partial charge in [-0.15, -0.1) is 5.92 Å². The van der Waals surface area contributed by atoms with Crippen LogP contribution in [0.3, 0.4) is 0 Å². The second-order valence-corrected chi connectivity index (χ2v) is 7.30. The molecule has 1 fully saturated rings. The van der Waals surface area contributed by atoms with Gasteiger partial charge < -0.3 is 15.3 Å². The number of halogens is 3. The van der Waals surface area contributed by atoms with Gasteiger partial charge in [0.05, 0.1) is 6.54 Å². The summed E-state index contributed by atoms with van der Waals surface area (Å²) in [5.41, 5.74) is 1.77. The third-order valence-electron chi connectivity index (χ3n) is 5.05. The van der Waals surface area contributed by atoms with Crippen molar-refractivity contribution in [2.45, 2.75) is 19.6 Å². The number of aliphatic carboxylic acids is 1. The number of fused-ring (bicyclic) bond motifs is 1. The summed E-state index contributed by atoms with van der Waals surface area (Å²) in [6.45, 7) is 5.69. The number of hydrogen-bond donors (Lipinski definition) is 2. The Morgan fingerprint density at radius 1 is 1.18 bits per heavy atom. The minimum Gasteiger partial charge on any atom is -0.475 e. The van der Waals surface area contributed by atoms with Crippen LogP contribution in [0.4, 0.5) is 19.1 Å². The molecule has 1 aliphatic rings. The van der Waals surface area contributed by atoms with E-state index < -0.39 is 12.1 Å². The summed E-state index contributed by atoms with van der Waals surface area (Å²) >= 11 is 0. The van der Waals surface area contributed by atoms with Gasteiger partial charge in [0.2, 0.25) is 5.95 Å². The molecule has 1 saturated heterocycles. The molecule has 0 radical (unpaired) electrons. The van der Waals surface area contributed by atoms with Crippen LogP contribution in [0, 0.1) is 11.8 Å². The number of hydrogen-bond acceptors (Lipinski definition) is 6. The number of benzene rings is 1. The van der Waals surface area contributed by atoms with Crippen molar-refractivity contribution in [3.63, 3.8) is 0 Å². The topological polar surface area (TPSA) is 105 Å². The molecule has 0 bridgehead atoms. The van der Waals surface area contributed by atoms with Gasteiger partial charge in [0.15, 0.2) is 11.2 Å². The van der Waals surface area contributed by atoms with Crippen molar-refractivity contribution in [1.82, 2.24) is 24.4 Å². The zero-order chi connectivity index (χ0) is 24.9. The Morgan fingerprint density at radius 3 is 2.35 bits per heavy atom. The average molecular weight is 476 g/mol. The van der Waals surface area contributed by atoms with Crippen molar-refractivity contribution >= 4 is 23.1 Å². The smallest absolute Gasteiger partial charge is 0.475 e. The number of aromatic nitrogens is 4. The number of carboxylic acids is 1. The van der Waals surface area contributed by atoms with Gasteiger partial charge in [-0.2, -0.15) is 18.2 Å². The Labute approximate surface area is 192 Å². The van der Waals surface area contributed by atoms with E-state index in [1.165, 1.54) is 0 Å². The van der Waals surface area contributed by atoms with Crippen LogP contribution < -0.4 is 15.8 Å². The third kappa shape index (κ3) is 5.37. The number of imidazole rings is 1. The molecule has 4 rings (SSSR count). The summed E-state index contributed by atoms with van der Waals surface area (Å²) in [7, 11) is 1.75. The maximum absolute atomic E-state index is 13.2. The summed E-state index contributed by atoms with van der Waals surface area (Å²) in [5, 5.41) is 10.5. The molecule has 0 unspecified atom stereocenters. The van der Waals surface area contributed by atoms with Crippen LogP contribution >= 0.6 is 0 Å². The lowest BCUT2D eigenvalue weighted by molar-refractivity contribution is -0.192. The molecule has 0 amide bonds. The van der Waals surface area contributed by atoms with E-state index in [0.717, 1.165) is 37.7 Å². The SMILES string of the molecule is CC#CCn1c(N2CCNCC2)nc2nc(-c3ccccc3)n(C)c(=O)c21.O=C(O)C(F)(F)F. The predicted molar refractivity (Wildman–Crippen MR) is 120 cm³/mol. The molecule has 0 spiro atoms. The molecule has 12 heteroatoms. The van der Waals surface area contributed by atoms with Crippen LogP contribution in [-0.4, -0.2) is 62.5 Å². The molecule has 34 heavy (non-hydrogen) atoms. The first kappa shape index (κ1) is 24.8. The molecule has 1 aromatic carbocycles. The van der Waals surface area contributed by atoms with Gasteiger partial charge in [-0.1, -0.05) is 36.3 Å². The Hall–Kier alpha value is -3.85. The second kappa shape index (κ2) is 10.4. The lowest BCUT2D eigenvalue weighted by atomic mass is 10.2. The molecule has 1 aliphatic heterocycles. The fourth-order valence-electron chi connectivity index (χ4n) is 3.41. The number of carboxylic acid groups (broad SMARTS) is 1. The number of piperazine rings is 1. The molecule has 3 heterocycles. The second-order valence-electron chi connectivity index (χ2n) is 7.30. The Kier molecular flexibility index (Phi) is 7.57. The first-order valence-corrected chi connectivity index (χ1v) is 10.3. The first-order valence-electron chi connectivity index (χ1n) is 10.3. The maximum atomic E-state index is 13.2. The van der Waals surface area contributed by atoms with Crippen molar-refractivity contribution in [1.29, 1.82) is 0 Å². The minimum atomic E-state index is -5.08. The Balaban J connectivity index is 0.000000406. The highest BCUT2D eigenvalue weighted by molar-refractivity contribution is 5.77. The summed E-state index contributed by atoms with van der Waals surface area (Å²) in [4.78, 5) is 33.7. The summed E-state index contributed by atoms with van der Waals surface area (Å²) < 4.78 is 35.2. The monoisotopic (exact) mass is 476 g/mol. The molecule has 2 aromatic heterocycles. The van der Waals surface area contributed by atoms with Crippen LogP contribution in [0.15, 0.2) is 35.1 Å². The number of alkyl halides is 3. The van der Waals surface area contributed by atoms with Gasteiger partial charge >= 0.3 is 12.1 Å². The van der Waals surface area contributed by atoms with Gasteiger partial charge in [-0.05, 0) is 6.92 Å². The minimum absolute atomic E-state index is 0.106. The molecule has 3 aromatic rings. The molecule has 2 N–H and O–H groups in total. The van der Waals surface area contributed by atoms with Gasteiger partial charge in [0, 0.05) is 38.8 Å². The van der Waals surface area contributed by atoms with Gasteiger partial charge in [0.1, 0.15) is 5.82 Å². The highest BCUT2D eigenvalue weighted by Crippen LogP contribution is 2.23. The summed E-state index contributed by atoms with van der Waals surface area (Å²) in [5.74, 6) is 4.61. The molecule has 0 saturated carbocycles. The van der Waals surface area contributed by atoms with Crippen LogP contribution in [0.5, 0.6) is 0 Å². The van der Waals surface area contributed by atoms with Crippen molar-refractivity contribution in [2.24, 2.45) is 7.05 Å². The van der Waals surface area contributed by atoms with Gasteiger partial charge in [-0.3, -0.25) is 13.9 Å². The molecule has 0 atom stereocenters. The van der Waals surface area contributed by atoms with E-state index >= 15 is 0 Å². The fourth-order valence-corrected chi connectivity index (χ4v) is 3.41. The lowest BCUT2D eigenvalue weighted by Gasteiger charge is -2.28. The van der Waals surface area contributed by atoms with Gasteiger partial charge in [0.25, 0.3) is 5.56 Å². The molecule has 180 valence electrons. The van der Waals surface area contributed by atoms with Crippen LogP contribution in [-0.2, 0) is 18.4 Å². The fraction of sp³-hybridized carbons (Fsp3) is 0.364. The van der Waals surface area contributed by atoms with E-state index in [-0.39, 0.29) is 5.56 Å². The highest BCUT2D eigenvalue weighted by atomic mass is 19.4. The zero-order valence-corrected chi connectivity index (χ0v) is 18.6. The van der Waals surface area contributed by atoms with Crippen LogP contribution in [0.1, 0.15) is 6.92 Å². The number of carbonyl (C=O) groups is 1. The largest absolute Gasteiger partial charge is 0.490 e. The number of nitrogens with zero attached hydrogens (tertiary/aromatic N) is 5. The third-order valence-corrected chi connectivity index (χ3v) is 5.05. The quantitative estimate of drug-likeness (QED) is 0.556. The van der Waals surface area contributed by atoms with Crippen LogP contribution in [0.2, 0.25) is 0 Å². The standard InChI is InChI=1S/C20H22N6O.C2HF3O2/c1-3-4-12-26-16-17(23-20(26)25-13-10-21-11-14-25)22-18(24(2)19(16)27)15-8-6-5-7-9-15;3-2(4,5)1(6)7/h5-9,21H,10-14H2,1-2H3;(H,6,7). The van der Waals surface area contributed by atoms with E-state index in [2.05, 4.69) is 22.1 Å². The average Bonchev–Trinajstić information content (AvgIpc) is 3.19. The van der Waals surface area contributed by atoms with Crippen molar-refractivity contribution in [3.05, 3.63) is 40.7 Å². The van der Waals surface area contributed by atoms with Gasteiger partial charge in [-0.25, -0.2) is 9.78 Å². The van der Waals surface area contributed by atoms with E-state index in [4.69, 9.17) is 19.9 Å². The van der Waals surface area contributed by atoms with Crippen molar-refractivity contribution in [3.8, 4) is 23.2 Å². The number of rotatable bonds is 3. The molecular weight excluding hydrogens is 453 g/mol. The molecular formula is C22H23F3N6O3. The lowest BCUT2D eigenvalue weighted by Crippen LogP contribution is -2.44. The van der Waals surface area contributed by atoms with E-state index in [1.807, 2.05) is 34.9 Å². The predicted octanol–water partition coefficient (Wildman–Crippen LogP) is 1.86. The molecule has 0 aliphatic carbocycles. The maximum Gasteiger partial charge on any atom is 0.490 e. The Morgan fingerprint density at radius 2 is 1.79 bits per heavy atom. The highest BCUT2D eigenvalue weighted by Gasteiger charge is 2.38. The first-order chi connectivity index (χ1) is 16.1. The summed E-state index contributed by atoms with van der Waals surface area (Å²) in [6, 6.07) is 9.72. The number of nitrogens with one attached hydrogen (secondary N) is 1. The van der Waals surface area contributed by atoms with E-state index in [9.17, 15) is 18.0 Å². The Bertz CT molecular complexity index is 1280. The van der Waals surface area contributed by atoms with Crippen molar-refractivity contribution in [2.75, 3.05) is 31.1 Å². The van der Waals surface area contributed by atoms with E-state index in [0.29, 0.717) is 23.5 Å². The van der Waals surface area contributed by atoms with Crippen LogP contribution in [0.25, 0.3) is 22.6 Å². The zero-order valence-electron chi connectivity index (χ0n) is 18.6. The normalized spacial score (nSPS) is 13.6. The van der Waals surface area contributed by atoms with E-state index in [1.54, 1.807) is 18.5 Å².